The van der Waals surface area contributed by atoms with Crippen molar-refractivity contribution in [2.75, 3.05) is 9.80 Å². The molecule has 6 heteroatoms. The van der Waals surface area contributed by atoms with E-state index in [9.17, 15) is 0 Å². The lowest BCUT2D eigenvalue weighted by atomic mass is 9.70. The Labute approximate surface area is 436 Å². The zero-order valence-electron chi connectivity index (χ0n) is 41.3. The number of nitrogens with zero attached hydrogens (tertiary/aromatic N) is 2. The summed E-state index contributed by atoms with van der Waals surface area (Å²) in [5.74, 6) is -0.677. The molecule has 15 rings (SSSR count). The first-order chi connectivity index (χ1) is 36.7. The number of thiophene rings is 1. The van der Waals surface area contributed by atoms with Crippen molar-refractivity contribution < 1.29 is 13.2 Å². The number of para-hydroxylation sites is 3. The third-order valence-electron chi connectivity index (χ3n) is 15.9. The van der Waals surface area contributed by atoms with E-state index in [2.05, 4.69) is 182 Å². The fourth-order valence-electron chi connectivity index (χ4n) is 12.7. The zero-order chi connectivity index (χ0) is 50.3. The van der Waals surface area contributed by atoms with Gasteiger partial charge in [0.05, 0.1) is 28.2 Å². The highest BCUT2D eigenvalue weighted by Gasteiger charge is 2.54. The molecule has 11 aromatic carbocycles. The molecule has 2 aromatic heterocycles. The molecule has 0 N–H and O–H groups in total. The van der Waals surface area contributed by atoms with Crippen LogP contribution in [0.3, 0.4) is 0 Å². The summed E-state index contributed by atoms with van der Waals surface area (Å²) in [4.78, 5) is 4.19. The van der Waals surface area contributed by atoms with Gasteiger partial charge in [-0.15, -0.1) is 11.3 Å². The number of benzene rings is 11. The van der Waals surface area contributed by atoms with Crippen molar-refractivity contribution in [1.29, 1.82) is 0 Å². The summed E-state index contributed by atoms with van der Waals surface area (Å²) in [6.45, 7) is 6.65. The number of fused-ring (bicyclic) bond motifs is 19. The van der Waals surface area contributed by atoms with Crippen molar-refractivity contribution >= 4 is 98.3 Å². The predicted octanol–water partition coefficient (Wildman–Crippen LogP) is 20.0. The van der Waals surface area contributed by atoms with Gasteiger partial charge in [0.2, 0.25) is 0 Å². The van der Waals surface area contributed by atoms with Crippen LogP contribution in [0, 0.1) is 11.6 Å². The molecule has 0 radical (unpaired) electrons. The van der Waals surface area contributed by atoms with E-state index in [1.807, 2.05) is 48.5 Å². The van der Waals surface area contributed by atoms with Crippen LogP contribution in [0.5, 0.6) is 0 Å². The highest BCUT2D eigenvalue weighted by atomic mass is 32.1. The second-order valence-corrected chi connectivity index (χ2v) is 22.0. The van der Waals surface area contributed by atoms with E-state index in [4.69, 9.17) is 4.42 Å². The van der Waals surface area contributed by atoms with Gasteiger partial charge in [-0.2, -0.15) is 0 Å². The molecule has 0 fully saturated rings. The van der Waals surface area contributed by atoms with E-state index in [1.54, 1.807) is 29.5 Å². The van der Waals surface area contributed by atoms with Gasteiger partial charge >= 0.3 is 0 Å². The molecule has 0 unspecified atom stereocenters. The van der Waals surface area contributed by atoms with Gasteiger partial charge in [0.1, 0.15) is 17.2 Å². The number of furan rings is 1. The lowest BCUT2D eigenvalue weighted by Crippen LogP contribution is -2.26. The molecular weight excluding hydrogens is 943 g/mol. The summed E-state index contributed by atoms with van der Waals surface area (Å²) < 4.78 is 43.5. The van der Waals surface area contributed by atoms with Gasteiger partial charge in [0.25, 0.3) is 0 Å². The Balaban J connectivity index is 1.15. The SMILES string of the molecule is CC(C)(C)c1ccc(N(c2ccccc2F)c2cc3c(c4sc5ccccc5c24)-c2c(cc(N(c4ccc5ccccc5c4)c4ccccc4F)c4oc5ccccc5c24)C32c3ccccc3-c3ccccc32)cc1. The number of halogens is 2. The van der Waals surface area contributed by atoms with Gasteiger partial charge in [-0.25, -0.2) is 8.78 Å². The zero-order valence-corrected chi connectivity index (χ0v) is 42.1. The smallest absolute Gasteiger partial charge is 0.160 e. The molecule has 1 spiro atoms. The van der Waals surface area contributed by atoms with E-state index in [0.29, 0.717) is 22.6 Å². The number of rotatable bonds is 6. The van der Waals surface area contributed by atoms with Crippen molar-refractivity contribution in [3.8, 4) is 22.3 Å². The second kappa shape index (κ2) is 16.1. The molecule has 358 valence electrons. The normalized spacial score (nSPS) is 13.2. The molecule has 75 heavy (non-hydrogen) atoms. The van der Waals surface area contributed by atoms with Crippen LogP contribution < -0.4 is 9.80 Å². The van der Waals surface area contributed by atoms with Crippen molar-refractivity contribution in [2.45, 2.75) is 31.6 Å². The van der Waals surface area contributed by atoms with Crippen LogP contribution in [0.1, 0.15) is 48.6 Å². The molecule has 0 amide bonds. The second-order valence-electron chi connectivity index (χ2n) is 21.0. The maximum Gasteiger partial charge on any atom is 0.160 e. The quantitative estimate of drug-likeness (QED) is 0.166. The Hall–Kier alpha value is -8.84. The first-order valence-corrected chi connectivity index (χ1v) is 26.4. The highest BCUT2D eigenvalue weighted by molar-refractivity contribution is 7.26. The van der Waals surface area contributed by atoms with Gasteiger partial charge in [0, 0.05) is 53.4 Å². The Bertz CT molecular complexity index is 4480. The van der Waals surface area contributed by atoms with Gasteiger partial charge in [-0.3, -0.25) is 0 Å². The average Bonchev–Trinajstić information content (AvgIpc) is 4.38. The Morgan fingerprint density at radius 2 is 0.987 bits per heavy atom. The van der Waals surface area contributed by atoms with Crippen molar-refractivity contribution in [3.63, 3.8) is 0 Å². The summed E-state index contributed by atoms with van der Waals surface area (Å²) in [6, 6.07) is 76.7. The summed E-state index contributed by atoms with van der Waals surface area (Å²) in [5, 5.41) is 6.16. The van der Waals surface area contributed by atoms with Gasteiger partial charge in [-0.1, -0.05) is 172 Å². The summed E-state index contributed by atoms with van der Waals surface area (Å²) in [5.41, 5.74) is 14.6. The van der Waals surface area contributed by atoms with E-state index in [1.165, 1.54) is 11.6 Å². The van der Waals surface area contributed by atoms with Crippen molar-refractivity contribution in [1.82, 2.24) is 0 Å². The van der Waals surface area contributed by atoms with Crippen molar-refractivity contribution in [3.05, 3.63) is 264 Å². The van der Waals surface area contributed by atoms with Crippen LogP contribution in [0.15, 0.2) is 229 Å². The molecule has 3 nitrogen and oxygen atoms in total. The maximum absolute atomic E-state index is 17.0. The Morgan fingerprint density at radius 1 is 0.440 bits per heavy atom. The standard InChI is InChI=1S/C69H46F2N2OS/c1-68(2,3)43-33-36-44(37-34-43)72(56-28-14-12-26-54(56)70)58-39-53-65(67-62(58)49-23-9-17-31-61(49)75-67)64-52(69(53)50-24-10-6-20-46(50)47-21-7-11-25-51(47)69)40-59(66-63(64)48-22-8-16-30-60(48)74-66)73(57-29-15-13-27-55(57)71)45-35-32-41-18-4-5-19-42(41)38-45/h4-40H,1-3H3. The van der Waals surface area contributed by atoms with Crippen LogP contribution in [0.4, 0.5) is 42.9 Å². The summed E-state index contributed by atoms with van der Waals surface area (Å²) in [7, 11) is 0. The van der Waals surface area contributed by atoms with Crippen molar-refractivity contribution in [2.24, 2.45) is 0 Å². The molecule has 0 bridgehead atoms. The van der Waals surface area contributed by atoms with Crippen LogP contribution in [-0.2, 0) is 10.8 Å². The average molecular weight is 989 g/mol. The van der Waals surface area contributed by atoms with E-state index in [-0.39, 0.29) is 17.0 Å². The van der Waals surface area contributed by atoms with Crippen LogP contribution in [0.2, 0.25) is 0 Å². The lowest BCUT2D eigenvalue weighted by molar-refractivity contribution is 0.590. The van der Waals surface area contributed by atoms with E-state index in [0.717, 1.165) is 109 Å². The topological polar surface area (TPSA) is 19.6 Å². The molecule has 2 aliphatic carbocycles. The number of hydrogen-bond donors (Lipinski definition) is 0. The maximum atomic E-state index is 17.0. The molecular formula is C69H46F2N2OS. The largest absolute Gasteiger partial charge is 0.454 e. The first kappa shape index (κ1) is 43.7. The minimum Gasteiger partial charge on any atom is -0.454 e. The molecule has 13 aromatic rings. The molecule has 0 aliphatic heterocycles. The third kappa shape index (κ3) is 6.18. The van der Waals surface area contributed by atoms with Gasteiger partial charge in [0.15, 0.2) is 5.58 Å². The first-order valence-electron chi connectivity index (χ1n) is 25.5. The molecule has 0 saturated carbocycles. The summed E-state index contributed by atoms with van der Waals surface area (Å²) >= 11 is 1.78. The summed E-state index contributed by atoms with van der Waals surface area (Å²) in [6.07, 6.45) is 0. The fourth-order valence-corrected chi connectivity index (χ4v) is 14.0. The van der Waals surface area contributed by atoms with Crippen LogP contribution in [0.25, 0.3) is 75.1 Å². The highest BCUT2D eigenvalue weighted by Crippen LogP contribution is 2.68. The van der Waals surface area contributed by atoms with Gasteiger partial charge < -0.3 is 14.2 Å². The third-order valence-corrected chi connectivity index (χ3v) is 17.1. The number of anilines is 6. The monoisotopic (exact) mass is 988 g/mol. The minimum atomic E-state index is -0.917. The lowest BCUT2D eigenvalue weighted by Gasteiger charge is -2.34. The Kier molecular flexibility index (Phi) is 9.37. The molecule has 2 heterocycles. The number of hydrogen-bond acceptors (Lipinski definition) is 4. The van der Waals surface area contributed by atoms with E-state index < -0.39 is 5.41 Å². The van der Waals surface area contributed by atoms with Crippen LogP contribution >= 0.6 is 11.3 Å². The predicted molar refractivity (Wildman–Crippen MR) is 308 cm³/mol. The fraction of sp³-hybridized carbons (Fsp3) is 0.0725. The van der Waals surface area contributed by atoms with Crippen LogP contribution in [-0.4, -0.2) is 0 Å². The van der Waals surface area contributed by atoms with Gasteiger partial charge in [-0.05, 0) is 128 Å². The molecule has 2 aliphatic rings. The molecule has 0 atom stereocenters. The Morgan fingerprint density at radius 3 is 1.68 bits per heavy atom. The van der Waals surface area contributed by atoms with E-state index >= 15 is 8.78 Å². The molecule has 0 saturated heterocycles. The minimum absolute atomic E-state index is 0.0925.